The fraction of sp³-hybridized carbons (Fsp3) is 0.350. The molecule has 0 unspecified atom stereocenters. The van der Waals surface area contributed by atoms with Crippen LogP contribution in [-0.4, -0.2) is 43.7 Å². The van der Waals surface area contributed by atoms with Crippen molar-refractivity contribution in [1.82, 2.24) is 9.21 Å². The van der Waals surface area contributed by atoms with Crippen molar-refractivity contribution in [3.63, 3.8) is 0 Å². The molecule has 0 fully saturated rings. The summed E-state index contributed by atoms with van der Waals surface area (Å²) < 4.78 is 26.6. The van der Waals surface area contributed by atoms with Crippen LogP contribution in [-0.2, 0) is 16.6 Å². The first-order chi connectivity index (χ1) is 12.1. The van der Waals surface area contributed by atoms with Gasteiger partial charge in [0.05, 0.1) is 4.90 Å². The molecular weight excluding hydrogens is 348 g/mol. The van der Waals surface area contributed by atoms with E-state index in [1.54, 1.807) is 24.1 Å². The number of hydrogen-bond donors (Lipinski definition) is 0. The van der Waals surface area contributed by atoms with E-state index in [4.69, 9.17) is 0 Å². The summed E-state index contributed by atoms with van der Waals surface area (Å²) in [7, 11) is -0.369. The highest BCUT2D eigenvalue weighted by molar-refractivity contribution is 7.89. The first kappa shape index (κ1) is 20.1. The fourth-order valence-corrected chi connectivity index (χ4v) is 3.91. The molecule has 0 saturated heterocycles. The van der Waals surface area contributed by atoms with Gasteiger partial charge in [-0.15, -0.1) is 0 Å². The molecule has 140 valence electrons. The predicted molar refractivity (Wildman–Crippen MR) is 104 cm³/mol. The van der Waals surface area contributed by atoms with Crippen molar-refractivity contribution in [2.24, 2.45) is 0 Å². The second-order valence-electron chi connectivity index (χ2n) is 6.79. The third-order valence-corrected chi connectivity index (χ3v) is 6.40. The van der Waals surface area contributed by atoms with E-state index in [0.29, 0.717) is 12.1 Å². The third kappa shape index (κ3) is 4.51. The van der Waals surface area contributed by atoms with Crippen LogP contribution in [0.1, 0.15) is 35.3 Å². The maximum Gasteiger partial charge on any atom is 0.253 e. The first-order valence-electron chi connectivity index (χ1n) is 8.52. The van der Waals surface area contributed by atoms with Crippen molar-refractivity contribution in [1.29, 1.82) is 0 Å². The molecule has 0 heterocycles. The van der Waals surface area contributed by atoms with Crippen LogP contribution in [0.25, 0.3) is 0 Å². The zero-order valence-corrected chi connectivity index (χ0v) is 16.7. The molecule has 2 aromatic rings. The molecule has 6 heteroatoms. The lowest BCUT2D eigenvalue weighted by Crippen LogP contribution is -2.33. The van der Waals surface area contributed by atoms with Crippen molar-refractivity contribution in [2.45, 2.75) is 38.3 Å². The van der Waals surface area contributed by atoms with E-state index < -0.39 is 10.0 Å². The third-order valence-electron chi connectivity index (χ3n) is 4.37. The molecule has 0 aliphatic heterocycles. The minimum Gasteiger partial charge on any atom is -0.337 e. The Bertz CT molecular complexity index is 874. The topological polar surface area (TPSA) is 57.7 Å². The van der Waals surface area contributed by atoms with Gasteiger partial charge in [0, 0.05) is 32.2 Å². The number of aryl methyl sites for hydroxylation is 1. The number of sulfonamides is 1. The van der Waals surface area contributed by atoms with E-state index in [2.05, 4.69) is 0 Å². The maximum atomic E-state index is 12.7. The number of benzene rings is 2. The van der Waals surface area contributed by atoms with Crippen LogP contribution in [0, 0.1) is 6.92 Å². The summed E-state index contributed by atoms with van der Waals surface area (Å²) in [5.41, 5.74) is 2.54. The molecule has 1 amide bonds. The standard InChI is InChI=1S/C20H26N2O3S/c1-15(2)22(5)26(24,25)19-8-6-7-18(13-19)20(23)21(4)14-17-11-9-16(3)10-12-17/h6-13,15H,14H2,1-5H3. The molecule has 5 nitrogen and oxygen atoms in total. The van der Waals surface area contributed by atoms with Gasteiger partial charge in [0.2, 0.25) is 10.0 Å². The molecule has 2 rings (SSSR count). The Balaban J connectivity index is 2.23. The maximum absolute atomic E-state index is 12.7. The van der Waals surface area contributed by atoms with Crippen molar-refractivity contribution < 1.29 is 13.2 Å². The first-order valence-corrected chi connectivity index (χ1v) is 9.96. The van der Waals surface area contributed by atoms with Crippen LogP contribution < -0.4 is 0 Å². The van der Waals surface area contributed by atoms with Gasteiger partial charge in [-0.25, -0.2) is 8.42 Å². The van der Waals surface area contributed by atoms with Gasteiger partial charge in [-0.05, 0) is 44.5 Å². The molecule has 0 aromatic heterocycles. The largest absolute Gasteiger partial charge is 0.337 e. The monoisotopic (exact) mass is 374 g/mol. The van der Waals surface area contributed by atoms with E-state index in [0.717, 1.165) is 11.1 Å². The summed E-state index contributed by atoms with van der Waals surface area (Å²) in [6, 6.07) is 14.0. The van der Waals surface area contributed by atoms with Crippen LogP contribution in [0.2, 0.25) is 0 Å². The predicted octanol–water partition coefficient (Wildman–Crippen LogP) is 3.30. The van der Waals surface area contributed by atoms with Gasteiger partial charge in [-0.2, -0.15) is 4.31 Å². The lowest BCUT2D eigenvalue weighted by molar-refractivity contribution is 0.0785. The number of amides is 1. The summed E-state index contributed by atoms with van der Waals surface area (Å²) in [6.07, 6.45) is 0. The normalized spacial score (nSPS) is 11.8. The number of carbonyl (C=O) groups is 1. The van der Waals surface area contributed by atoms with Gasteiger partial charge in [0.15, 0.2) is 0 Å². The summed E-state index contributed by atoms with van der Waals surface area (Å²) >= 11 is 0. The van der Waals surface area contributed by atoms with Gasteiger partial charge >= 0.3 is 0 Å². The van der Waals surface area contributed by atoms with Crippen LogP contribution in [0.5, 0.6) is 0 Å². The molecule has 0 radical (unpaired) electrons. The van der Waals surface area contributed by atoms with E-state index in [9.17, 15) is 13.2 Å². The Morgan fingerprint density at radius 1 is 1.04 bits per heavy atom. The highest BCUT2D eigenvalue weighted by Crippen LogP contribution is 2.19. The van der Waals surface area contributed by atoms with Crippen LogP contribution in [0.3, 0.4) is 0 Å². The van der Waals surface area contributed by atoms with Crippen molar-refractivity contribution >= 4 is 15.9 Å². The SMILES string of the molecule is Cc1ccc(CN(C)C(=O)c2cccc(S(=O)(=O)N(C)C(C)C)c2)cc1. The zero-order valence-electron chi connectivity index (χ0n) is 15.9. The molecule has 0 bridgehead atoms. The Kier molecular flexibility index (Phi) is 6.21. The van der Waals surface area contributed by atoms with Gasteiger partial charge < -0.3 is 4.90 Å². The molecule has 0 aliphatic rings. The second kappa shape index (κ2) is 8.01. The molecule has 26 heavy (non-hydrogen) atoms. The minimum atomic E-state index is -3.62. The van der Waals surface area contributed by atoms with Crippen molar-refractivity contribution in [2.75, 3.05) is 14.1 Å². The average Bonchev–Trinajstić information content (AvgIpc) is 2.62. The quantitative estimate of drug-likeness (QED) is 0.779. The van der Waals surface area contributed by atoms with Crippen molar-refractivity contribution in [3.05, 3.63) is 65.2 Å². The fourth-order valence-electron chi connectivity index (χ4n) is 2.49. The molecule has 0 saturated carbocycles. The summed E-state index contributed by atoms with van der Waals surface area (Å²) in [5, 5.41) is 0. The average molecular weight is 375 g/mol. The van der Waals surface area contributed by atoms with Gasteiger partial charge in [-0.3, -0.25) is 4.79 Å². The Morgan fingerprint density at radius 3 is 2.23 bits per heavy atom. The van der Waals surface area contributed by atoms with E-state index >= 15 is 0 Å². The number of nitrogens with zero attached hydrogens (tertiary/aromatic N) is 2. The minimum absolute atomic E-state index is 0.128. The van der Waals surface area contributed by atoms with Crippen LogP contribution in [0.4, 0.5) is 0 Å². The molecule has 0 atom stereocenters. The highest BCUT2D eigenvalue weighted by Gasteiger charge is 2.24. The van der Waals surface area contributed by atoms with Gasteiger partial charge in [0.25, 0.3) is 5.91 Å². The number of carbonyl (C=O) groups excluding carboxylic acids is 1. The van der Waals surface area contributed by atoms with E-state index in [1.165, 1.54) is 23.5 Å². The van der Waals surface area contributed by atoms with Gasteiger partial charge in [-0.1, -0.05) is 35.9 Å². The van der Waals surface area contributed by atoms with Crippen LogP contribution >= 0.6 is 0 Å². The lowest BCUT2D eigenvalue weighted by Gasteiger charge is -2.22. The molecule has 0 N–H and O–H groups in total. The highest BCUT2D eigenvalue weighted by atomic mass is 32.2. The zero-order chi connectivity index (χ0) is 19.5. The van der Waals surface area contributed by atoms with Crippen molar-refractivity contribution in [3.8, 4) is 0 Å². The molecule has 0 aliphatic carbocycles. The Labute approximate surface area is 156 Å². The number of rotatable bonds is 6. The van der Waals surface area contributed by atoms with Crippen LogP contribution in [0.15, 0.2) is 53.4 Å². The second-order valence-corrected chi connectivity index (χ2v) is 8.79. The Morgan fingerprint density at radius 2 is 1.65 bits per heavy atom. The summed E-state index contributed by atoms with van der Waals surface area (Å²) in [5.74, 6) is -0.213. The molecule has 0 spiro atoms. The Hall–Kier alpha value is -2.18. The smallest absolute Gasteiger partial charge is 0.253 e. The summed E-state index contributed by atoms with van der Waals surface area (Å²) in [6.45, 7) is 6.09. The van der Waals surface area contributed by atoms with Gasteiger partial charge in [0.1, 0.15) is 0 Å². The molecular formula is C20H26N2O3S. The number of hydrogen-bond acceptors (Lipinski definition) is 3. The van der Waals surface area contributed by atoms with E-state index in [-0.39, 0.29) is 16.8 Å². The van der Waals surface area contributed by atoms with E-state index in [1.807, 2.05) is 45.0 Å². The summed E-state index contributed by atoms with van der Waals surface area (Å²) in [4.78, 5) is 14.4. The molecule has 2 aromatic carbocycles. The lowest BCUT2D eigenvalue weighted by atomic mass is 10.1.